The first kappa shape index (κ1) is 34.3. The van der Waals surface area contributed by atoms with Gasteiger partial charge in [0.1, 0.15) is 17.7 Å². The molecule has 42 heavy (non-hydrogen) atoms. The summed E-state index contributed by atoms with van der Waals surface area (Å²) in [6.07, 6.45) is 0.948. The molecule has 0 bridgehead atoms. The quantitative estimate of drug-likeness (QED) is 0.297. The summed E-state index contributed by atoms with van der Waals surface area (Å²) in [5.41, 5.74) is 2.65. The second-order valence-electron chi connectivity index (χ2n) is 11.4. The molecule has 0 spiro atoms. The minimum absolute atomic E-state index is 0.0128. The Balaban J connectivity index is 2.52. The SMILES string of the molecule is CCCCN(C(=O)C(Cc1ccccc1)NC(=O)OC(C)(C)C)C(C(=O)NCCC(=O)OCC)c1ccc(C)cc1C. The molecule has 0 aliphatic carbocycles. The molecular weight excluding hydrogens is 534 g/mol. The van der Waals surface area contributed by atoms with Crippen LogP contribution in [-0.2, 0) is 30.3 Å². The van der Waals surface area contributed by atoms with Crippen molar-refractivity contribution in [3.8, 4) is 0 Å². The van der Waals surface area contributed by atoms with Gasteiger partial charge >= 0.3 is 12.1 Å². The second-order valence-corrected chi connectivity index (χ2v) is 11.4. The van der Waals surface area contributed by atoms with E-state index < -0.39 is 41.6 Å². The molecule has 9 nitrogen and oxygen atoms in total. The predicted molar refractivity (Wildman–Crippen MR) is 163 cm³/mol. The Morgan fingerprint density at radius 1 is 0.976 bits per heavy atom. The van der Waals surface area contributed by atoms with Crippen LogP contribution in [0.1, 0.15) is 82.2 Å². The highest BCUT2D eigenvalue weighted by atomic mass is 16.6. The number of benzene rings is 2. The maximum absolute atomic E-state index is 14.4. The van der Waals surface area contributed by atoms with Gasteiger partial charge < -0.3 is 25.0 Å². The Morgan fingerprint density at radius 3 is 2.26 bits per heavy atom. The molecule has 2 rings (SSSR count). The zero-order valence-electron chi connectivity index (χ0n) is 26.1. The van der Waals surface area contributed by atoms with Crippen LogP contribution in [0.2, 0.25) is 0 Å². The fourth-order valence-electron chi connectivity index (χ4n) is 4.60. The molecule has 0 fully saturated rings. The van der Waals surface area contributed by atoms with Gasteiger partial charge in [0.05, 0.1) is 13.0 Å². The molecule has 0 aromatic heterocycles. The van der Waals surface area contributed by atoms with Crippen molar-refractivity contribution < 1.29 is 28.7 Å². The molecule has 0 radical (unpaired) electrons. The Bertz CT molecular complexity index is 1190. The first-order valence-electron chi connectivity index (χ1n) is 14.7. The Hall–Kier alpha value is -3.88. The van der Waals surface area contributed by atoms with Gasteiger partial charge in [-0.1, -0.05) is 67.4 Å². The maximum atomic E-state index is 14.4. The van der Waals surface area contributed by atoms with E-state index in [1.54, 1.807) is 32.6 Å². The molecule has 2 atom stereocenters. The average molecular weight is 582 g/mol. The third kappa shape index (κ3) is 11.2. The van der Waals surface area contributed by atoms with E-state index in [4.69, 9.17) is 9.47 Å². The molecule has 0 heterocycles. The van der Waals surface area contributed by atoms with Gasteiger partial charge in [-0.15, -0.1) is 0 Å². The lowest BCUT2D eigenvalue weighted by Crippen LogP contribution is -2.54. The first-order chi connectivity index (χ1) is 19.9. The number of carbonyl (C=O) groups excluding carboxylic acids is 4. The third-order valence-corrected chi connectivity index (χ3v) is 6.52. The van der Waals surface area contributed by atoms with Crippen molar-refractivity contribution in [1.29, 1.82) is 0 Å². The molecular formula is C33H47N3O6. The van der Waals surface area contributed by atoms with Crippen molar-refractivity contribution in [2.75, 3.05) is 19.7 Å². The van der Waals surface area contributed by atoms with Crippen LogP contribution in [0.15, 0.2) is 48.5 Å². The summed E-state index contributed by atoms with van der Waals surface area (Å²) in [7, 11) is 0. The van der Waals surface area contributed by atoms with Gasteiger partial charge in [-0.2, -0.15) is 0 Å². The van der Waals surface area contributed by atoms with Crippen molar-refractivity contribution in [3.05, 3.63) is 70.8 Å². The van der Waals surface area contributed by atoms with Gasteiger partial charge in [0.25, 0.3) is 0 Å². The summed E-state index contributed by atoms with van der Waals surface area (Å²) in [6.45, 7) is 13.5. The van der Waals surface area contributed by atoms with E-state index in [9.17, 15) is 19.2 Å². The van der Waals surface area contributed by atoms with Gasteiger partial charge in [0.2, 0.25) is 11.8 Å². The molecule has 0 saturated heterocycles. The Labute approximate surface area is 250 Å². The molecule has 2 aromatic carbocycles. The summed E-state index contributed by atoms with van der Waals surface area (Å²) in [5.74, 6) is -1.22. The van der Waals surface area contributed by atoms with E-state index in [-0.39, 0.29) is 26.0 Å². The number of carbonyl (C=O) groups is 4. The van der Waals surface area contributed by atoms with Crippen molar-refractivity contribution in [1.82, 2.24) is 15.5 Å². The van der Waals surface area contributed by atoms with Gasteiger partial charge in [-0.3, -0.25) is 14.4 Å². The summed E-state index contributed by atoms with van der Waals surface area (Å²) >= 11 is 0. The van der Waals surface area contributed by atoms with Gasteiger partial charge in [0.15, 0.2) is 0 Å². The number of hydrogen-bond acceptors (Lipinski definition) is 6. The van der Waals surface area contributed by atoms with E-state index in [0.29, 0.717) is 18.5 Å². The fourth-order valence-corrected chi connectivity index (χ4v) is 4.60. The number of rotatable bonds is 14. The normalized spacial score (nSPS) is 12.5. The average Bonchev–Trinajstić information content (AvgIpc) is 2.90. The zero-order chi connectivity index (χ0) is 31.3. The monoisotopic (exact) mass is 581 g/mol. The summed E-state index contributed by atoms with van der Waals surface area (Å²) in [5, 5.41) is 5.61. The minimum atomic E-state index is -0.986. The lowest BCUT2D eigenvalue weighted by Gasteiger charge is -2.35. The number of aryl methyl sites for hydroxylation is 2. The Morgan fingerprint density at radius 2 is 1.67 bits per heavy atom. The summed E-state index contributed by atoms with van der Waals surface area (Å²) in [4.78, 5) is 54.6. The van der Waals surface area contributed by atoms with Crippen LogP contribution in [0, 0.1) is 13.8 Å². The highest BCUT2D eigenvalue weighted by Crippen LogP contribution is 2.27. The second kappa shape index (κ2) is 16.5. The number of ether oxygens (including phenoxy) is 2. The number of nitrogens with one attached hydrogen (secondary N) is 2. The van der Waals surface area contributed by atoms with E-state index in [2.05, 4.69) is 10.6 Å². The molecule has 2 N–H and O–H groups in total. The summed E-state index contributed by atoms with van der Waals surface area (Å²) < 4.78 is 10.5. The maximum Gasteiger partial charge on any atom is 0.408 e. The van der Waals surface area contributed by atoms with E-state index in [1.165, 1.54) is 0 Å². The first-order valence-corrected chi connectivity index (χ1v) is 14.7. The molecule has 0 aliphatic rings. The van der Waals surface area contributed by atoms with Crippen LogP contribution < -0.4 is 10.6 Å². The standard InChI is InChI=1S/C33H47N3O6/c1-8-10-20-36(31(39)27(22-25-14-12-11-13-15-25)35-32(40)42-33(5,6)7)29(26-17-16-23(3)21-24(26)4)30(38)34-19-18-28(37)41-9-2/h11-17,21,27,29H,8-10,18-20,22H2,1-7H3,(H,34,38)(H,35,40). The van der Waals surface area contributed by atoms with Gasteiger partial charge in [-0.05, 0) is 64.7 Å². The van der Waals surface area contributed by atoms with Crippen molar-refractivity contribution in [2.45, 2.75) is 91.8 Å². The molecule has 3 amide bonds. The molecule has 230 valence electrons. The molecule has 0 saturated carbocycles. The van der Waals surface area contributed by atoms with Crippen LogP contribution in [0.3, 0.4) is 0 Å². The molecule has 0 aliphatic heterocycles. The largest absolute Gasteiger partial charge is 0.466 e. The number of amides is 3. The number of unbranched alkanes of at least 4 members (excludes halogenated alkanes) is 1. The van der Waals surface area contributed by atoms with Crippen molar-refractivity contribution in [2.24, 2.45) is 0 Å². The third-order valence-electron chi connectivity index (χ3n) is 6.52. The highest BCUT2D eigenvalue weighted by molar-refractivity contribution is 5.92. The van der Waals surface area contributed by atoms with E-state index >= 15 is 0 Å². The minimum Gasteiger partial charge on any atom is -0.466 e. The smallest absolute Gasteiger partial charge is 0.408 e. The molecule has 2 unspecified atom stereocenters. The molecule has 9 heteroatoms. The number of esters is 1. The van der Waals surface area contributed by atoms with Crippen LogP contribution in [0.5, 0.6) is 0 Å². The molecule has 2 aromatic rings. The Kier molecular flexibility index (Phi) is 13.5. The number of alkyl carbamates (subject to hydrolysis) is 1. The predicted octanol–water partition coefficient (Wildman–Crippen LogP) is 5.18. The van der Waals surface area contributed by atoms with Crippen LogP contribution >= 0.6 is 0 Å². The summed E-state index contributed by atoms with van der Waals surface area (Å²) in [6, 6.07) is 13.2. The van der Waals surface area contributed by atoms with Crippen LogP contribution in [0.25, 0.3) is 0 Å². The number of hydrogen-bond donors (Lipinski definition) is 2. The van der Waals surface area contributed by atoms with Crippen LogP contribution in [-0.4, -0.2) is 60.1 Å². The topological polar surface area (TPSA) is 114 Å². The highest BCUT2D eigenvalue weighted by Gasteiger charge is 2.36. The lowest BCUT2D eigenvalue weighted by molar-refractivity contribution is -0.144. The van der Waals surface area contributed by atoms with Gasteiger partial charge in [-0.25, -0.2) is 4.79 Å². The van der Waals surface area contributed by atoms with E-state index in [0.717, 1.165) is 23.1 Å². The lowest BCUT2D eigenvalue weighted by atomic mass is 9.95. The number of nitrogens with zero attached hydrogens (tertiary/aromatic N) is 1. The van der Waals surface area contributed by atoms with Gasteiger partial charge in [0, 0.05) is 19.5 Å². The zero-order valence-corrected chi connectivity index (χ0v) is 26.1. The fraction of sp³-hybridized carbons (Fsp3) is 0.515. The van der Waals surface area contributed by atoms with Crippen molar-refractivity contribution in [3.63, 3.8) is 0 Å². The van der Waals surface area contributed by atoms with E-state index in [1.807, 2.05) is 69.3 Å². The van der Waals surface area contributed by atoms with Crippen molar-refractivity contribution >= 4 is 23.9 Å². The van der Waals surface area contributed by atoms with Crippen LogP contribution in [0.4, 0.5) is 4.79 Å².